The third-order valence-electron chi connectivity index (χ3n) is 5.03. The normalized spacial score (nSPS) is 16.2. The quantitative estimate of drug-likeness (QED) is 0.572. The predicted molar refractivity (Wildman–Crippen MR) is 110 cm³/mol. The summed E-state index contributed by atoms with van der Waals surface area (Å²) in [6, 6.07) is 10.3. The average molecular weight is 399 g/mol. The molecule has 2 aromatic rings. The van der Waals surface area contributed by atoms with Crippen LogP contribution in [0.5, 0.6) is 0 Å². The molecule has 1 heterocycles. The number of nitriles is 1. The van der Waals surface area contributed by atoms with Gasteiger partial charge in [-0.3, -0.25) is 4.79 Å². The molecule has 1 saturated carbocycles. The van der Waals surface area contributed by atoms with Crippen LogP contribution in [0.1, 0.15) is 46.1 Å². The van der Waals surface area contributed by atoms with Crippen LogP contribution in [-0.4, -0.2) is 32.1 Å². The first-order valence-corrected chi connectivity index (χ1v) is 10.3. The molecule has 1 atom stereocenters. The van der Waals surface area contributed by atoms with E-state index < -0.39 is 5.54 Å². The standard InChI is InChI=1S/C20H26N6OS/c1-19(2,3)14-7-5-13(6-8-14)17-24-25-18(26(17)22)28-11-16(27)23-20(4,12-21)15-9-10-15/h5-8,15H,9-11,22H2,1-4H3,(H,23,27)/t20-/m1/s1. The van der Waals surface area contributed by atoms with Crippen molar-refractivity contribution >= 4 is 17.7 Å². The van der Waals surface area contributed by atoms with Crippen molar-refractivity contribution in [1.29, 1.82) is 5.26 Å². The van der Waals surface area contributed by atoms with E-state index in [4.69, 9.17) is 5.84 Å². The molecule has 1 aromatic carbocycles. The number of benzene rings is 1. The Morgan fingerprint density at radius 2 is 1.93 bits per heavy atom. The fourth-order valence-electron chi connectivity index (χ4n) is 3.03. The number of carbonyl (C=O) groups excluding carboxylic acids is 1. The van der Waals surface area contributed by atoms with Crippen LogP contribution in [0, 0.1) is 17.2 Å². The zero-order valence-corrected chi connectivity index (χ0v) is 17.5. The van der Waals surface area contributed by atoms with Gasteiger partial charge in [0.05, 0.1) is 11.8 Å². The van der Waals surface area contributed by atoms with E-state index in [1.54, 1.807) is 6.92 Å². The molecule has 28 heavy (non-hydrogen) atoms. The van der Waals surface area contributed by atoms with E-state index in [9.17, 15) is 10.1 Å². The zero-order chi connectivity index (χ0) is 20.5. The van der Waals surface area contributed by atoms with Crippen molar-refractivity contribution in [2.24, 2.45) is 5.92 Å². The molecule has 8 heteroatoms. The second-order valence-electron chi connectivity index (χ2n) is 8.43. The largest absolute Gasteiger partial charge is 0.337 e. The second-order valence-corrected chi connectivity index (χ2v) is 9.37. The van der Waals surface area contributed by atoms with Crippen LogP contribution in [0.15, 0.2) is 29.4 Å². The molecule has 0 bridgehead atoms. The molecule has 0 spiro atoms. The van der Waals surface area contributed by atoms with Crippen molar-refractivity contribution in [3.05, 3.63) is 29.8 Å². The maximum absolute atomic E-state index is 12.3. The van der Waals surface area contributed by atoms with Gasteiger partial charge in [-0.25, -0.2) is 4.68 Å². The minimum atomic E-state index is -0.798. The molecule has 0 radical (unpaired) electrons. The van der Waals surface area contributed by atoms with Crippen LogP contribution >= 0.6 is 11.8 Å². The number of nitrogens with one attached hydrogen (secondary N) is 1. The smallest absolute Gasteiger partial charge is 0.231 e. The number of nitrogens with zero attached hydrogens (tertiary/aromatic N) is 4. The Balaban J connectivity index is 1.65. The van der Waals surface area contributed by atoms with Crippen LogP contribution in [0.25, 0.3) is 11.4 Å². The number of amides is 1. The van der Waals surface area contributed by atoms with E-state index >= 15 is 0 Å². The van der Waals surface area contributed by atoms with Crippen molar-refractivity contribution in [2.75, 3.05) is 11.6 Å². The monoisotopic (exact) mass is 398 g/mol. The van der Waals surface area contributed by atoms with E-state index in [0.717, 1.165) is 18.4 Å². The Bertz CT molecular complexity index is 904. The van der Waals surface area contributed by atoms with Crippen molar-refractivity contribution in [1.82, 2.24) is 20.2 Å². The molecular formula is C20H26N6OS. The highest BCUT2D eigenvalue weighted by molar-refractivity contribution is 7.99. The number of hydrogen-bond acceptors (Lipinski definition) is 6. The fourth-order valence-corrected chi connectivity index (χ4v) is 3.69. The molecule has 0 saturated heterocycles. The van der Waals surface area contributed by atoms with E-state index in [-0.39, 0.29) is 23.0 Å². The molecule has 3 N–H and O–H groups in total. The van der Waals surface area contributed by atoms with Gasteiger partial charge in [0, 0.05) is 5.56 Å². The number of carbonyl (C=O) groups is 1. The Labute approximate surface area is 169 Å². The van der Waals surface area contributed by atoms with Crippen LogP contribution in [0.2, 0.25) is 0 Å². The molecule has 1 aromatic heterocycles. The van der Waals surface area contributed by atoms with E-state index in [1.807, 2.05) is 12.1 Å². The Kier molecular flexibility index (Phi) is 5.39. The summed E-state index contributed by atoms with van der Waals surface area (Å²) in [6.45, 7) is 8.26. The maximum Gasteiger partial charge on any atom is 0.231 e. The Hall–Kier alpha value is -2.53. The third kappa shape index (κ3) is 4.30. The van der Waals surface area contributed by atoms with E-state index in [1.165, 1.54) is 22.0 Å². The molecule has 7 nitrogen and oxygen atoms in total. The first kappa shape index (κ1) is 20.2. The van der Waals surface area contributed by atoms with Gasteiger partial charge in [-0.15, -0.1) is 10.2 Å². The lowest BCUT2D eigenvalue weighted by atomic mass is 9.87. The summed E-state index contributed by atoms with van der Waals surface area (Å²) >= 11 is 1.20. The Morgan fingerprint density at radius 1 is 1.29 bits per heavy atom. The Morgan fingerprint density at radius 3 is 2.46 bits per heavy atom. The first-order chi connectivity index (χ1) is 13.1. The molecule has 3 rings (SSSR count). The van der Waals surface area contributed by atoms with Crippen molar-refractivity contribution in [2.45, 2.75) is 56.6 Å². The topological polar surface area (TPSA) is 110 Å². The molecule has 1 aliphatic rings. The summed E-state index contributed by atoms with van der Waals surface area (Å²) in [4.78, 5) is 12.3. The SMILES string of the molecule is CC(C)(C)c1ccc(-c2nnc(SCC(=O)N[C@](C)(C#N)C3CC3)n2N)cc1. The molecule has 1 amide bonds. The summed E-state index contributed by atoms with van der Waals surface area (Å²) in [5, 5.41) is 20.9. The van der Waals surface area contributed by atoms with Gasteiger partial charge in [-0.2, -0.15) is 5.26 Å². The number of aromatic nitrogens is 3. The molecular weight excluding hydrogens is 372 g/mol. The molecule has 0 aliphatic heterocycles. The van der Waals surface area contributed by atoms with Crippen molar-refractivity contribution in [3.63, 3.8) is 0 Å². The number of rotatable bonds is 6. The van der Waals surface area contributed by atoms with Gasteiger partial charge in [-0.1, -0.05) is 56.8 Å². The summed E-state index contributed by atoms with van der Waals surface area (Å²) in [7, 11) is 0. The summed E-state index contributed by atoms with van der Waals surface area (Å²) < 4.78 is 1.40. The number of nitrogens with two attached hydrogens (primary N) is 1. The first-order valence-electron chi connectivity index (χ1n) is 9.30. The minimum absolute atomic E-state index is 0.0711. The van der Waals surface area contributed by atoms with Gasteiger partial charge in [0.1, 0.15) is 5.54 Å². The van der Waals surface area contributed by atoms with Crippen LogP contribution in [0.4, 0.5) is 0 Å². The van der Waals surface area contributed by atoms with Crippen molar-refractivity contribution in [3.8, 4) is 17.5 Å². The number of nitrogen functional groups attached to an aromatic ring is 1. The van der Waals surface area contributed by atoms with Gasteiger partial charge in [0.25, 0.3) is 0 Å². The van der Waals surface area contributed by atoms with Gasteiger partial charge in [-0.05, 0) is 36.7 Å². The number of thioether (sulfide) groups is 1. The van der Waals surface area contributed by atoms with E-state index in [2.05, 4.69) is 54.5 Å². The average Bonchev–Trinajstić information content (AvgIpc) is 3.44. The summed E-state index contributed by atoms with van der Waals surface area (Å²) in [5.41, 5.74) is 1.36. The van der Waals surface area contributed by atoms with Gasteiger partial charge < -0.3 is 11.2 Å². The lowest BCUT2D eigenvalue weighted by Crippen LogP contribution is -2.47. The lowest BCUT2D eigenvalue weighted by molar-refractivity contribution is -0.119. The summed E-state index contributed by atoms with van der Waals surface area (Å²) in [5.74, 6) is 6.85. The van der Waals surface area contributed by atoms with Gasteiger partial charge >= 0.3 is 0 Å². The molecule has 1 fully saturated rings. The van der Waals surface area contributed by atoms with Crippen LogP contribution < -0.4 is 11.2 Å². The molecule has 0 unspecified atom stereocenters. The minimum Gasteiger partial charge on any atom is -0.337 e. The maximum atomic E-state index is 12.3. The zero-order valence-electron chi connectivity index (χ0n) is 16.7. The van der Waals surface area contributed by atoms with Gasteiger partial charge in [0.15, 0.2) is 5.82 Å². The highest BCUT2D eigenvalue weighted by Crippen LogP contribution is 2.39. The van der Waals surface area contributed by atoms with Gasteiger partial charge in [0.2, 0.25) is 11.1 Å². The van der Waals surface area contributed by atoms with Crippen molar-refractivity contribution < 1.29 is 4.79 Å². The van der Waals surface area contributed by atoms with Crippen LogP contribution in [0.3, 0.4) is 0 Å². The third-order valence-corrected chi connectivity index (χ3v) is 5.97. The van der Waals surface area contributed by atoms with Crippen LogP contribution in [-0.2, 0) is 10.2 Å². The highest BCUT2D eigenvalue weighted by atomic mass is 32.2. The lowest BCUT2D eigenvalue weighted by Gasteiger charge is -2.22. The molecule has 148 valence electrons. The number of hydrogen-bond donors (Lipinski definition) is 2. The molecule has 1 aliphatic carbocycles. The summed E-state index contributed by atoms with van der Waals surface area (Å²) in [6.07, 6.45) is 1.96. The second kappa shape index (κ2) is 7.47. The highest BCUT2D eigenvalue weighted by Gasteiger charge is 2.43. The van der Waals surface area contributed by atoms with E-state index in [0.29, 0.717) is 11.0 Å². The predicted octanol–water partition coefficient (Wildman–Crippen LogP) is 2.86. The fraction of sp³-hybridized carbons (Fsp3) is 0.500.